The molecule has 5 nitrogen and oxygen atoms in total. The van der Waals surface area contributed by atoms with Crippen LogP contribution in [0.15, 0.2) is 48.8 Å². The van der Waals surface area contributed by atoms with E-state index in [-0.39, 0.29) is 11.7 Å². The van der Waals surface area contributed by atoms with Crippen molar-refractivity contribution in [2.75, 3.05) is 19.8 Å². The van der Waals surface area contributed by atoms with Gasteiger partial charge in [0.25, 0.3) is 5.91 Å². The second-order valence-corrected chi connectivity index (χ2v) is 5.68. The second kappa shape index (κ2) is 7.90. The molecule has 0 spiro atoms. The number of nitrogens with zero attached hydrogens (tertiary/aromatic N) is 2. The van der Waals surface area contributed by atoms with Crippen LogP contribution in [0.25, 0.3) is 16.9 Å². The van der Waals surface area contributed by atoms with Crippen LogP contribution in [-0.2, 0) is 4.74 Å². The van der Waals surface area contributed by atoms with Gasteiger partial charge < -0.3 is 14.5 Å². The largest absolute Gasteiger partial charge is 0.380 e. The number of fused-ring (bicyclic) bond motifs is 1. The number of pyridine rings is 1. The molecule has 3 rings (SSSR count). The Bertz CT molecular complexity index is 859. The van der Waals surface area contributed by atoms with Crippen molar-refractivity contribution in [3.63, 3.8) is 0 Å². The van der Waals surface area contributed by atoms with Gasteiger partial charge in [-0.1, -0.05) is 6.92 Å². The maximum Gasteiger partial charge on any atom is 0.252 e. The zero-order valence-electron chi connectivity index (χ0n) is 14.0. The molecule has 6 heteroatoms. The molecule has 0 radical (unpaired) electrons. The van der Waals surface area contributed by atoms with Crippen molar-refractivity contribution in [2.45, 2.75) is 13.3 Å². The summed E-state index contributed by atoms with van der Waals surface area (Å²) in [5.74, 6) is -0.437. The van der Waals surface area contributed by atoms with E-state index in [0.717, 1.165) is 23.3 Å². The molecule has 1 amide bonds. The van der Waals surface area contributed by atoms with Crippen molar-refractivity contribution in [2.24, 2.45) is 0 Å². The predicted molar refractivity (Wildman–Crippen MR) is 94.0 cm³/mol. The van der Waals surface area contributed by atoms with Crippen LogP contribution in [0.2, 0.25) is 0 Å². The smallest absolute Gasteiger partial charge is 0.252 e. The van der Waals surface area contributed by atoms with Gasteiger partial charge in [0.05, 0.1) is 17.9 Å². The number of nitrogens with one attached hydrogen (secondary N) is 1. The molecule has 3 aromatic rings. The third kappa shape index (κ3) is 4.22. The highest BCUT2D eigenvalue weighted by atomic mass is 19.1. The Morgan fingerprint density at radius 1 is 1.16 bits per heavy atom. The molecule has 0 aliphatic heterocycles. The predicted octanol–water partition coefficient (Wildman–Crippen LogP) is 3.30. The van der Waals surface area contributed by atoms with Crippen molar-refractivity contribution in [3.05, 3.63) is 60.2 Å². The van der Waals surface area contributed by atoms with Crippen molar-refractivity contribution < 1.29 is 13.9 Å². The van der Waals surface area contributed by atoms with Gasteiger partial charge in [-0.05, 0) is 42.8 Å². The zero-order chi connectivity index (χ0) is 17.6. The van der Waals surface area contributed by atoms with Crippen LogP contribution in [0.1, 0.15) is 23.7 Å². The van der Waals surface area contributed by atoms with Gasteiger partial charge in [0.15, 0.2) is 0 Å². The highest BCUT2D eigenvalue weighted by Crippen LogP contribution is 2.19. The monoisotopic (exact) mass is 341 g/mol. The number of halogens is 1. The topological polar surface area (TPSA) is 55.6 Å². The average molecular weight is 341 g/mol. The number of hydrogen-bond donors (Lipinski definition) is 1. The van der Waals surface area contributed by atoms with E-state index in [2.05, 4.69) is 10.3 Å². The fourth-order valence-corrected chi connectivity index (χ4v) is 2.47. The number of benzene rings is 1. The minimum absolute atomic E-state index is 0.154. The third-order valence-electron chi connectivity index (χ3n) is 3.73. The van der Waals surface area contributed by atoms with Crippen molar-refractivity contribution in [1.82, 2.24) is 14.7 Å². The summed E-state index contributed by atoms with van der Waals surface area (Å²) in [5.41, 5.74) is 2.82. The number of hydrogen-bond acceptors (Lipinski definition) is 3. The molecule has 25 heavy (non-hydrogen) atoms. The number of imidazole rings is 1. The lowest BCUT2D eigenvalue weighted by Crippen LogP contribution is -2.27. The summed E-state index contributed by atoms with van der Waals surface area (Å²) < 4.78 is 20.2. The molecule has 0 saturated carbocycles. The van der Waals surface area contributed by atoms with Gasteiger partial charge >= 0.3 is 0 Å². The van der Waals surface area contributed by atoms with E-state index in [4.69, 9.17) is 4.74 Å². The molecule has 0 unspecified atom stereocenters. The third-order valence-corrected chi connectivity index (χ3v) is 3.73. The van der Waals surface area contributed by atoms with E-state index in [1.54, 1.807) is 34.9 Å². The van der Waals surface area contributed by atoms with Crippen LogP contribution in [0.4, 0.5) is 4.39 Å². The molecule has 0 fully saturated rings. The number of rotatable bonds is 7. The first-order valence-electron chi connectivity index (χ1n) is 8.28. The molecule has 1 N–H and O–H groups in total. The molecule has 0 saturated heterocycles. The van der Waals surface area contributed by atoms with Crippen molar-refractivity contribution in [3.8, 4) is 11.3 Å². The molecule has 0 bridgehead atoms. The van der Waals surface area contributed by atoms with E-state index < -0.39 is 0 Å². The number of ether oxygens (including phenoxy) is 1. The summed E-state index contributed by atoms with van der Waals surface area (Å²) in [5, 5.41) is 2.83. The normalized spacial score (nSPS) is 11.0. The van der Waals surface area contributed by atoms with E-state index in [9.17, 15) is 9.18 Å². The minimum atomic E-state index is -0.283. The van der Waals surface area contributed by atoms with Gasteiger partial charge in [-0.2, -0.15) is 0 Å². The SMILES string of the molecule is CCCOCCNC(=O)c1ccc2nc(-c3ccc(F)cc3)cn2c1. The van der Waals surface area contributed by atoms with Gasteiger partial charge in [-0.15, -0.1) is 0 Å². The molecule has 1 aromatic carbocycles. The Morgan fingerprint density at radius 2 is 1.96 bits per heavy atom. The quantitative estimate of drug-likeness (QED) is 0.671. The summed E-state index contributed by atoms with van der Waals surface area (Å²) in [6.45, 7) is 3.71. The number of amides is 1. The average Bonchev–Trinajstić information content (AvgIpc) is 3.05. The first kappa shape index (κ1) is 17.1. The molecule has 0 atom stereocenters. The van der Waals surface area contributed by atoms with E-state index in [1.165, 1.54) is 12.1 Å². The highest BCUT2D eigenvalue weighted by Gasteiger charge is 2.09. The Labute approximate surface area is 145 Å². The van der Waals surface area contributed by atoms with Gasteiger partial charge in [0.2, 0.25) is 0 Å². The fourth-order valence-electron chi connectivity index (χ4n) is 2.47. The van der Waals surface area contributed by atoms with Crippen molar-refractivity contribution in [1.29, 1.82) is 0 Å². The Morgan fingerprint density at radius 3 is 2.72 bits per heavy atom. The van der Waals surface area contributed by atoms with Crippen LogP contribution in [0.3, 0.4) is 0 Å². The number of aromatic nitrogens is 2. The molecule has 2 aromatic heterocycles. The first-order chi connectivity index (χ1) is 12.2. The van der Waals surface area contributed by atoms with Crippen LogP contribution in [0, 0.1) is 5.82 Å². The molecule has 2 heterocycles. The first-order valence-corrected chi connectivity index (χ1v) is 8.28. The number of carbonyl (C=O) groups excluding carboxylic acids is 1. The van der Waals surface area contributed by atoms with E-state index in [1.807, 2.05) is 13.1 Å². The molecular formula is C19H20FN3O2. The van der Waals surface area contributed by atoms with E-state index >= 15 is 0 Å². The lowest BCUT2D eigenvalue weighted by Gasteiger charge is -2.06. The zero-order valence-corrected chi connectivity index (χ0v) is 14.0. The Kier molecular flexibility index (Phi) is 5.40. The summed E-state index contributed by atoms with van der Waals surface area (Å²) in [7, 11) is 0. The minimum Gasteiger partial charge on any atom is -0.380 e. The molecule has 0 aliphatic rings. The highest BCUT2D eigenvalue weighted by molar-refractivity contribution is 5.94. The second-order valence-electron chi connectivity index (χ2n) is 5.68. The van der Waals surface area contributed by atoms with Crippen LogP contribution in [-0.4, -0.2) is 35.1 Å². The maximum atomic E-state index is 13.0. The van der Waals surface area contributed by atoms with Gasteiger partial charge in [-0.25, -0.2) is 9.37 Å². The van der Waals surface area contributed by atoms with Crippen LogP contribution < -0.4 is 5.32 Å². The standard InChI is InChI=1S/C19H20FN3O2/c1-2-10-25-11-9-21-19(24)15-5-8-18-22-17(13-23(18)12-15)14-3-6-16(20)7-4-14/h3-8,12-13H,2,9-11H2,1H3,(H,21,24). The van der Waals surface area contributed by atoms with Gasteiger partial charge in [0, 0.05) is 31.1 Å². The Balaban J connectivity index is 1.71. The lowest BCUT2D eigenvalue weighted by molar-refractivity contribution is 0.0915. The van der Waals surface area contributed by atoms with Crippen LogP contribution >= 0.6 is 0 Å². The molecule has 0 aliphatic carbocycles. The summed E-state index contributed by atoms with van der Waals surface area (Å²) in [6.07, 6.45) is 4.52. The lowest BCUT2D eigenvalue weighted by atomic mass is 10.2. The maximum absolute atomic E-state index is 13.0. The summed E-state index contributed by atoms with van der Waals surface area (Å²) >= 11 is 0. The molecular weight excluding hydrogens is 321 g/mol. The summed E-state index contributed by atoms with van der Waals surface area (Å²) in [4.78, 5) is 16.7. The number of carbonyl (C=O) groups is 1. The van der Waals surface area contributed by atoms with E-state index in [0.29, 0.717) is 25.3 Å². The van der Waals surface area contributed by atoms with Gasteiger partial charge in [0.1, 0.15) is 11.5 Å². The van der Waals surface area contributed by atoms with Gasteiger partial charge in [-0.3, -0.25) is 4.79 Å². The Hall–Kier alpha value is -2.73. The molecule has 130 valence electrons. The van der Waals surface area contributed by atoms with Crippen molar-refractivity contribution >= 4 is 11.6 Å². The van der Waals surface area contributed by atoms with Crippen LogP contribution in [0.5, 0.6) is 0 Å². The fraction of sp³-hybridized carbons (Fsp3) is 0.263. The summed E-state index contributed by atoms with van der Waals surface area (Å²) in [6, 6.07) is 9.69.